The van der Waals surface area contributed by atoms with E-state index in [1.807, 2.05) is 0 Å². The van der Waals surface area contributed by atoms with Crippen molar-refractivity contribution in [1.82, 2.24) is 10.2 Å². The molecule has 0 spiro atoms. The number of amides is 2. The van der Waals surface area contributed by atoms with Crippen LogP contribution >= 0.6 is 0 Å². The molecule has 0 aliphatic heterocycles. The van der Waals surface area contributed by atoms with Gasteiger partial charge in [0.05, 0.1) is 11.9 Å². The van der Waals surface area contributed by atoms with Gasteiger partial charge in [0.25, 0.3) is 0 Å². The Morgan fingerprint density at radius 1 is 1.00 bits per heavy atom. The summed E-state index contributed by atoms with van der Waals surface area (Å²) in [6, 6.07) is 9.14. The van der Waals surface area contributed by atoms with Crippen molar-refractivity contribution in [3.05, 3.63) is 65.7 Å². The predicted octanol–water partition coefficient (Wildman–Crippen LogP) is 1.89. The molecule has 0 aromatic heterocycles. The zero-order valence-corrected chi connectivity index (χ0v) is 17.6. The topological polar surface area (TPSA) is 86.8 Å². The Kier molecular flexibility index (Phi) is 7.49. The maximum Gasteiger partial charge on any atom is 0.244 e. The third-order valence-corrected chi connectivity index (χ3v) is 5.61. The van der Waals surface area contributed by atoms with Gasteiger partial charge < -0.3 is 10.2 Å². The van der Waals surface area contributed by atoms with Gasteiger partial charge in [-0.2, -0.15) is 0 Å². The Bertz CT molecular complexity index is 996. The van der Waals surface area contributed by atoms with Gasteiger partial charge in [0.15, 0.2) is 0 Å². The van der Waals surface area contributed by atoms with Crippen molar-refractivity contribution < 1.29 is 26.8 Å². The molecule has 0 heterocycles. The Morgan fingerprint density at radius 2 is 1.50 bits per heavy atom. The number of benzene rings is 2. The minimum Gasteiger partial charge on any atom is -0.357 e. The molecule has 2 amide bonds. The zero-order chi connectivity index (χ0) is 22.5. The molecule has 2 aromatic carbocycles. The molecule has 2 rings (SSSR count). The maximum atomic E-state index is 13.2. The number of carbonyl (C=O) groups excluding carboxylic acids is 2. The van der Waals surface area contributed by atoms with Gasteiger partial charge in [-0.3, -0.25) is 13.9 Å². The first-order valence-corrected chi connectivity index (χ1v) is 10.9. The Labute approximate surface area is 174 Å². The largest absolute Gasteiger partial charge is 0.357 e. The summed E-state index contributed by atoms with van der Waals surface area (Å²) >= 11 is 0. The third-order valence-electron chi connectivity index (χ3n) is 4.47. The van der Waals surface area contributed by atoms with E-state index in [1.54, 1.807) is 0 Å². The number of anilines is 1. The van der Waals surface area contributed by atoms with Crippen LogP contribution in [0.2, 0.25) is 0 Å². The van der Waals surface area contributed by atoms with Crippen LogP contribution in [0.5, 0.6) is 0 Å². The van der Waals surface area contributed by atoms with E-state index in [1.165, 1.54) is 55.3 Å². The molecule has 0 fully saturated rings. The molecule has 10 heteroatoms. The Hall–Kier alpha value is -3.01. The first-order chi connectivity index (χ1) is 14.0. The summed E-state index contributed by atoms with van der Waals surface area (Å²) in [6.07, 6.45) is 0.927. The average Bonchev–Trinajstić information content (AvgIpc) is 2.70. The molecule has 0 aliphatic rings. The van der Waals surface area contributed by atoms with E-state index < -0.39 is 46.1 Å². The molecule has 0 saturated carbocycles. The number of halogens is 2. The monoisotopic (exact) mass is 439 g/mol. The van der Waals surface area contributed by atoms with Crippen LogP contribution in [0.1, 0.15) is 12.5 Å². The average molecular weight is 439 g/mol. The third kappa shape index (κ3) is 5.99. The van der Waals surface area contributed by atoms with E-state index in [9.17, 15) is 26.8 Å². The van der Waals surface area contributed by atoms with Crippen LogP contribution in [0.15, 0.2) is 48.5 Å². The molecule has 1 N–H and O–H groups in total. The van der Waals surface area contributed by atoms with Crippen molar-refractivity contribution in [3.8, 4) is 0 Å². The lowest BCUT2D eigenvalue weighted by atomic mass is 10.1. The van der Waals surface area contributed by atoms with Crippen LogP contribution in [-0.4, -0.2) is 51.0 Å². The summed E-state index contributed by atoms with van der Waals surface area (Å²) in [5.41, 5.74) is 0.676. The van der Waals surface area contributed by atoms with Gasteiger partial charge in [-0.05, 0) is 48.9 Å². The number of hydrogen-bond acceptors (Lipinski definition) is 4. The lowest BCUT2D eigenvalue weighted by molar-refractivity contribution is -0.139. The number of hydrogen-bond donors (Lipinski definition) is 1. The van der Waals surface area contributed by atoms with Crippen LogP contribution in [0.3, 0.4) is 0 Å². The molecule has 0 bridgehead atoms. The van der Waals surface area contributed by atoms with Crippen LogP contribution in [0, 0.1) is 11.6 Å². The van der Waals surface area contributed by atoms with Crippen LogP contribution in [-0.2, 0) is 26.2 Å². The van der Waals surface area contributed by atoms with E-state index >= 15 is 0 Å². The van der Waals surface area contributed by atoms with Gasteiger partial charge >= 0.3 is 0 Å². The summed E-state index contributed by atoms with van der Waals surface area (Å²) in [7, 11) is -2.46. The normalized spacial score (nSPS) is 12.2. The Morgan fingerprint density at radius 3 is 1.97 bits per heavy atom. The van der Waals surface area contributed by atoms with E-state index in [4.69, 9.17) is 0 Å². The van der Waals surface area contributed by atoms with Gasteiger partial charge in [0, 0.05) is 13.6 Å². The molecule has 1 unspecified atom stereocenters. The van der Waals surface area contributed by atoms with E-state index in [0.29, 0.717) is 5.56 Å². The molecule has 2 aromatic rings. The quantitative estimate of drug-likeness (QED) is 0.681. The number of nitrogens with zero attached hydrogens (tertiary/aromatic N) is 2. The molecular weight excluding hydrogens is 416 g/mol. The summed E-state index contributed by atoms with van der Waals surface area (Å²) in [5, 5.41) is 2.45. The summed E-state index contributed by atoms with van der Waals surface area (Å²) in [6.45, 7) is 0.880. The van der Waals surface area contributed by atoms with Crippen molar-refractivity contribution in [2.45, 2.75) is 19.5 Å². The maximum absolute atomic E-state index is 13.2. The zero-order valence-electron chi connectivity index (χ0n) is 16.8. The summed E-state index contributed by atoms with van der Waals surface area (Å²) < 4.78 is 51.8. The highest BCUT2D eigenvalue weighted by molar-refractivity contribution is 7.92. The van der Waals surface area contributed by atoms with Crippen molar-refractivity contribution in [2.75, 3.05) is 24.2 Å². The number of carbonyl (C=O) groups is 2. The van der Waals surface area contributed by atoms with Crippen LogP contribution in [0.25, 0.3) is 0 Å². The molecule has 30 heavy (non-hydrogen) atoms. The minimum atomic E-state index is -3.88. The highest BCUT2D eigenvalue weighted by Crippen LogP contribution is 2.19. The second kappa shape index (κ2) is 9.66. The van der Waals surface area contributed by atoms with Gasteiger partial charge in [-0.25, -0.2) is 17.2 Å². The van der Waals surface area contributed by atoms with Crippen molar-refractivity contribution >= 4 is 27.5 Å². The number of rotatable bonds is 8. The molecule has 7 nitrogen and oxygen atoms in total. The molecular formula is C20H23F2N3O4S. The second-order valence-electron chi connectivity index (χ2n) is 6.68. The van der Waals surface area contributed by atoms with Gasteiger partial charge in [-0.15, -0.1) is 0 Å². The fourth-order valence-corrected chi connectivity index (χ4v) is 3.65. The fraction of sp³-hybridized carbons (Fsp3) is 0.300. The summed E-state index contributed by atoms with van der Waals surface area (Å²) in [4.78, 5) is 26.4. The SMILES string of the molecule is CNC(=O)C(C)N(Cc1ccc(F)cc1)C(=O)CN(c1ccc(F)cc1)S(C)(=O)=O. The molecule has 0 aliphatic carbocycles. The molecule has 0 saturated heterocycles. The van der Waals surface area contributed by atoms with Crippen LogP contribution < -0.4 is 9.62 Å². The minimum absolute atomic E-state index is 0.0330. The second-order valence-corrected chi connectivity index (χ2v) is 8.59. The molecule has 0 radical (unpaired) electrons. The predicted molar refractivity (Wildman–Crippen MR) is 109 cm³/mol. The van der Waals surface area contributed by atoms with E-state index in [-0.39, 0.29) is 12.2 Å². The number of nitrogens with one attached hydrogen (secondary N) is 1. The highest BCUT2D eigenvalue weighted by Gasteiger charge is 2.29. The van der Waals surface area contributed by atoms with Crippen molar-refractivity contribution in [2.24, 2.45) is 0 Å². The van der Waals surface area contributed by atoms with Crippen molar-refractivity contribution in [1.29, 1.82) is 0 Å². The number of sulfonamides is 1. The summed E-state index contributed by atoms with van der Waals surface area (Å²) in [5.74, 6) is -2.09. The standard InChI is InChI=1S/C20H23F2N3O4S/c1-14(20(27)23-2)24(12-15-4-6-16(21)7-5-15)19(26)13-25(30(3,28)29)18-10-8-17(22)9-11-18/h4-11,14H,12-13H2,1-3H3,(H,23,27). The Balaban J connectivity index is 2.35. The first kappa shape index (κ1) is 23.3. The molecule has 1 atom stereocenters. The lowest BCUT2D eigenvalue weighted by Gasteiger charge is -2.31. The van der Waals surface area contributed by atoms with Gasteiger partial charge in [0.1, 0.15) is 24.2 Å². The van der Waals surface area contributed by atoms with E-state index in [0.717, 1.165) is 22.7 Å². The van der Waals surface area contributed by atoms with Gasteiger partial charge in [-0.1, -0.05) is 12.1 Å². The first-order valence-electron chi connectivity index (χ1n) is 9.01. The van der Waals surface area contributed by atoms with Crippen LogP contribution in [0.4, 0.5) is 14.5 Å². The fourth-order valence-electron chi connectivity index (χ4n) is 2.80. The van der Waals surface area contributed by atoms with Gasteiger partial charge in [0.2, 0.25) is 21.8 Å². The highest BCUT2D eigenvalue weighted by atomic mass is 32.2. The smallest absolute Gasteiger partial charge is 0.244 e. The molecule has 162 valence electrons. The number of likely N-dealkylation sites (N-methyl/N-ethyl adjacent to an activating group) is 1. The lowest BCUT2D eigenvalue weighted by Crippen LogP contribution is -2.50. The van der Waals surface area contributed by atoms with E-state index in [2.05, 4.69) is 5.32 Å². The van der Waals surface area contributed by atoms with Crippen molar-refractivity contribution in [3.63, 3.8) is 0 Å².